The Bertz CT molecular complexity index is 465. The van der Waals surface area contributed by atoms with Crippen LogP contribution >= 0.6 is 0 Å². The van der Waals surface area contributed by atoms with Crippen LogP contribution < -0.4 is 11.5 Å². The Morgan fingerprint density at radius 1 is 0.326 bits per heavy atom. The van der Waals surface area contributed by atoms with Gasteiger partial charge in [-0.15, -0.1) is 0 Å². The molecule has 0 fully saturated rings. The van der Waals surface area contributed by atoms with Crippen LogP contribution in [0.5, 0.6) is 0 Å². The van der Waals surface area contributed by atoms with Gasteiger partial charge in [-0.05, 0) is 12.8 Å². The Hall–Kier alpha value is -0.240. The molecule has 0 aromatic carbocycles. The van der Waals surface area contributed by atoms with Gasteiger partial charge in [-0.2, -0.15) is 0 Å². The molecule has 4 N–H and O–H groups in total. The minimum Gasteiger partial charge on any atom is -0.381 e. The maximum absolute atomic E-state index is 6.22. The van der Waals surface area contributed by atoms with Gasteiger partial charge in [0.2, 0.25) is 0 Å². The van der Waals surface area contributed by atoms with Gasteiger partial charge in [0.1, 0.15) is 0 Å². The predicted octanol–water partition coefficient (Wildman–Crippen LogP) is 9.36. The van der Waals surface area contributed by atoms with Crippen LogP contribution in [-0.4, -0.2) is 65.9 Å². The summed E-state index contributed by atoms with van der Waals surface area (Å²) >= 11 is 0. The third kappa shape index (κ3) is 31.5. The van der Waals surface area contributed by atoms with Crippen LogP contribution in [-0.2, 0) is 18.9 Å². The average molecular weight is 615 g/mol. The van der Waals surface area contributed by atoms with Gasteiger partial charge in [0, 0.05) is 26.3 Å². The molecule has 0 aromatic heterocycles. The molecule has 0 amide bonds. The number of nitrogens with two attached hydrogens (primary N) is 2. The first-order valence-corrected chi connectivity index (χ1v) is 19.0. The lowest BCUT2D eigenvalue weighted by Gasteiger charge is -2.33. The highest BCUT2D eigenvalue weighted by molar-refractivity contribution is 4.79. The van der Waals surface area contributed by atoms with Gasteiger partial charge < -0.3 is 30.4 Å². The molecule has 260 valence electrons. The van der Waals surface area contributed by atoms with Crippen molar-refractivity contribution in [2.75, 3.05) is 65.9 Å². The average Bonchev–Trinajstić information content (AvgIpc) is 3.01. The summed E-state index contributed by atoms with van der Waals surface area (Å²) < 4.78 is 24.3. The zero-order chi connectivity index (χ0) is 31.4. The van der Waals surface area contributed by atoms with Crippen molar-refractivity contribution in [1.29, 1.82) is 0 Å². The summed E-state index contributed by atoms with van der Waals surface area (Å²) in [6.07, 6.45) is 32.4. The van der Waals surface area contributed by atoms with E-state index >= 15 is 0 Å². The fraction of sp³-hybridized carbons (Fsp3) is 1.00. The fourth-order valence-corrected chi connectivity index (χ4v) is 5.66. The zero-order valence-electron chi connectivity index (χ0n) is 29.3. The third-order valence-corrected chi connectivity index (χ3v) is 8.44. The summed E-state index contributed by atoms with van der Waals surface area (Å²) in [5.74, 6) is 0. The number of ether oxygens (including phenoxy) is 4. The Kier molecular flexibility index (Phi) is 36.0. The van der Waals surface area contributed by atoms with E-state index in [0.717, 1.165) is 26.1 Å². The molecule has 0 saturated carbocycles. The van der Waals surface area contributed by atoms with Crippen LogP contribution in [0.1, 0.15) is 168 Å². The molecule has 6 nitrogen and oxygen atoms in total. The molecule has 0 aliphatic carbocycles. The van der Waals surface area contributed by atoms with Crippen LogP contribution in [0.25, 0.3) is 0 Å². The van der Waals surface area contributed by atoms with Crippen molar-refractivity contribution in [3.8, 4) is 0 Å². The van der Waals surface area contributed by atoms with E-state index in [4.69, 9.17) is 30.4 Å². The molecular formula is C37H78N2O4. The molecule has 0 heterocycles. The summed E-state index contributed by atoms with van der Waals surface area (Å²) in [6.45, 7) is 10.5. The van der Waals surface area contributed by atoms with E-state index in [-0.39, 0.29) is 5.41 Å². The lowest BCUT2D eigenvalue weighted by Crippen LogP contribution is -2.42. The first-order chi connectivity index (χ1) is 21.2. The molecule has 0 saturated heterocycles. The summed E-state index contributed by atoms with van der Waals surface area (Å²) in [4.78, 5) is 0. The van der Waals surface area contributed by atoms with E-state index in [1.54, 1.807) is 0 Å². The number of hydrogen-bond acceptors (Lipinski definition) is 6. The van der Waals surface area contributed by atoms with Crippen LogP contribution in [0.4, 0.5) is 0 Å². The third-order valence-electron chi connectivity index (χ3n) is 8.44. The smallest absolute Gasteiger partial charge is 0.0637 e. The highest BCUT2D eigenvalue weighted by Crippen LogP contribution is 2.22. The zero-order valence-corrected chi connectivity index (χ0v) is 29.3. The number of rotatable bonds is 38. The van der Waals surface area contributed by atoms with Gasteiger partial charge in [0.15, 0.2) is 0 Å². The van der Waals surface area contributed by atoms with Crippen LogP contribution in [0.15, 0.2) is 0 Å². The van der Waals surface area contributed by atoms with Crippen molar-refractivity contribution in [2.45, 2.75) is 168 Å². The minimum atomic E-state index is -0.321. The molecule has 0 atom stereocenters. The van der Waals surface area contributed by atoms with Crippen molar-refractivity contribution >= 4 is 0 Å². The Morgan fingerprint density at radius 3 is 0.814 bits per heavy atom. The van der Waals surface area contributed by atoms with Crippen LogP contribution in [0.3, 0.4) is 0 Å². The molecule has 0 radical (unpaired) electrons. The number of unbranched alkanes of at least 4 members (excludes halogenated alkanes) is 22. The summed E-state index contributed by atoms with van der Waals surface area (Å²) in [7, 11) is 0. The van der Waals surface area contributed by atoms with Crippen molar-refractivity contribution < 1.29 is 18.9 Å². The maximum atomic E-state index is 6.22. The second-order valence-electron chi connectivity index (χ2n) is 13.1. The molecular weight excluding hydrogens is 536 g/mol. The molecule has 0 bridgehead atoms. The van der Waals surface area contributed by atoms with Gasteiger partial charge in [-0.3, -0.25) is 0 Å². The summed E-state index contributed by atoms with van der Waals surface area (Å²) in [6, 6.07) is 0. The van der Waals surface area contributed by atoms with Crippen molar-refractivity contribution in [3.05, 3.63) is 0 Å². The van der Waals surface area contributed by atoms with Crippen molar-refractivity contribution in [1.82, 2.24) is 0 Å². The predicted molar refractivity (Wildman–Crippen MR) is 186 cm³/mol. The SMILES string of the molecule is CCCCCCCCCCCCCCOCC(COCCN)(COCCN)COCCCCCCCCCCCCCC. The van der Waals surface area contributed by atoms with E-state index < -0.39 is 0 Å². The second-order valence-corrected chi connectivity index (χ2v) is 13.1. The van der Waals surface area contributed by atoms with Crippen LogP contribution in [0.2, 0.25) is 0 Å². The van der Waals surface area contributed by atoms with Gasteiger partial charge in [-0.25, -0.2) is 0 Å². The van der Waals surface area contributed by atoms with Gasteiger partial charge >= 0.3 is 0 Å². The summed E-state index contributed by atoms with van der Waals surface area (Å²) in [5, 5.41) is 0. The van der Waals surface area contributed by atoms with E-state index in [1.165, 1.54) is 141 Å². The second kappa shape index (κ2) is 36.2. The fourth-order valence-electron chi connectivity index (χ4n) is 5.66. The Labute approximate surface area is 269 Å². The van der Waals surface area contributed by atoms with E-state index in [0.29, 0.717) is 52.7 Å². The topological polar surface area (TPSA) is 89.0 Å². The minimum absolute atomic E-state index is 0.321. The Balaban J connectivity index is 4.17. The molecule has 0 aliphatic heterocycles. The molecule has 0 unspecified atom stereocenters. The van der Waals surface area contributed by atoms with E-state index in [2.05, 4.69) is 13.8 Å². The molecule has 43 heavy (non-hydrogen) atoms. The van der Waals surface area contributed by atoms with Crippen molar-refractivity contribution in [2.24, 2.45) is 16.9 Å². The first-order valence-electron chi connectivity index (χ1n) is 19.0. The van der Waals surface area contributed by atoms with E-state index in [9.17, 15) is 0 Å². The van der Waals surface area contributed by atoms with Gasteiger partial charge in [0.25, 0.3) is 0 Å². The highest BCUT2D eigenvalue weighted by atomic mass is 16.5. The monoisotopic (exact) mass is 615 g/mol. The van der Waals surface area contributed by atoms with Crippen molar-refractivity contribution in [3.63, 3.8) is 0 Å². The molecule has 0 rings (SSSR count). The van der Waals surface area contributed by atoms with Gasteiger partial charge in [-0.1, -0.05) is 155 Å². The standard InChI is InChI=1S/C37H78N2O4/c1-3-5-7-9-11-13-15-17-19-21-23-25-29-40-33-37(35-42-31-27-38,36-43-32-28-39)34-41-30-26-24-22-20-18-16-14-12-10-8-6-4-2/h3-36,38-39H2,1-2H3. The molecule has 0 aromatic rings. The van der Waals surface area contributed by atoms with Gasteiger partial charge in [0.05, 0.1) is 45.1 Å². The lowest BCUT2D eigenvalue weighted by atomic mass is 9.92. The van der Waals surface area contributed by atoms with Crippen LogP contribution in [0, 0.1) is 5.41 Å². The molecule has 6 heteroatoms. The molecule has 0 aliphatic rings. The first kappa shape index (κ1) is 42.8. The number of hydrogen-bond donors (Lipinski definition) is 2. The van der Waals surface area contributed by atoms with E-state index in [1.807, 2.05) is 0 Å². The largest absolute Gasteiger partial charge is 0.381 e. The normalized spacial score (nSPS) is 12.0. The maximum Gasteiger partial charge on any atom is 0.0637 e. The lowest BCUT2D eigenvalue weighted by molar-refractivity contribution is -0.105. The highest BCUT2D eigenvalue weighted by Gasteiger charge is 2.32. The molecule has 0 spiro atoms. The Morgan fingerprint density at radius 2 is 0.558 bits per heavy atom. The quantitative estimate of drug-likeness (QED) is 0.0674. The summed E-state index contributed by atoms with van der Waals surface area (Å²) in [5.41, 5.74) is 11.1.